The molecule has 0 unspecified atom stereocenters. The van der Waals surface area contributed by atoms with Gasteiger partial charge < -0.3 is 19.1 Å². The Morgan fingerprint density at radius 2 is 1.67 bits per heavy atom. The van der Waals surface area contributed by atoms with Gasteiger partial charge in [-0.05, 0) is 25.8 Å². The average molecular weight is 324 g/mol. The van der Waals surface area contributed by atoms with Gasteiger partial charge in [0.05, 0.1) is 33.0 Å². The van der Waals surface area contributed by atoms with Gasteiger partial charge in [0.25, 0.3) is 0 Å². The maximum atomic E-state index is 5.52. The van der Waals surface area contributed by atoms with Crippen molar-refractivity contribution in [2.75, 3.05) is 60.3 Å². The molecule has 5 heteroatoms. The highest BCUT2D eigenvalue weighted by molar-refractivity contribution is 9.09. The van der Waals surface area contributed by atoms with Gasteiger partial charge in [0.2, 0.25) is 0 Å². The van der Waals surface area contributed by atoms with Crippen LogP contribution in [0.1, 0.15) is 12.8 Å². The van der Waals surface area contributed by atoms with Crippen LogP contribution in [0.25, 0.3) is 0 Å². The van der Waals surface area contributed by atoms with Crippen molar-refractivity contribution in [3.8, 4) is 0 Å². The molecule has 0 aromatic carbocycles. The van der Waals surface area contributed by atoms with E-state index in [0.717, 1.165) is 23.9 Å². The zero-order chi connectivity index (χ0) is 13.2. The monoisotopic (exact) mass is 323 g/mol. The molecular formula is C13H26BrNO3. The summed E-state index contributed by atoms with van der Waals surface area (Å²) >= 11 is 3.62. The number of alkyl halides is 1. The number of hydrogen-bond acceptors (Lipinski definition) is 4. The van der Waals surface area contributed by atoms with Gasteiger partial charge in [-0.1, -0.05) is 15.9 Å². The number of ether oxygens (including phenoxy) is 3. The van der Waals surface area contributed by atoms with Crippen LogP contribution in [0.3, 0.4) is 0 Å². The number of nitrogens with zero attached hydrogens (tertiary/aromatic N) is 1. The molecule has 0 aliphatic heterocycles. The van der Waals surface area contributed by atoms with Gasteiger partial charge in [-0.25, -0.2) is 0 Å². The highest BCUT2D eigenvalue weighted by atomic mass is 79.9. The molecule has 0 amide bonds. The third-order valence-corrected chi connectivity index (χ3v) is 3.92. The van der Waals surface area contributed by atoms with Crippen molar-refractivity contribution in [2.24, 2.45) is 5.92 Å². The van der Waals surface area contributed by atoms with Crippen LogP contribution in [0, 0.1) is 5.92 Å². The first-order valence-electron chi connectivity index (χ1n) is 6.69. The Hall–Kier alpha value is 0.320. The maximum absolute atomic E-state index is 5.52. The summed E-state index contributed by atoms with van der Waals surface area (Å²) in [6.45, 7) is 5.60. The second-order valence-corrected chi connectivity index (χ2v) is 6.21. The van der Waals surface area contributed by atoms with Crippen LogP contribution in [0.4, 0.5) is 0 Å². The molecule has 18 heavy (non-hydrogen) atoms. The molecule has 1 fully saturated rings. The molecule has 0 spiro atoms. The van der Waals surface area contributed by atoms with E-state index in [2.05, 4.69) is 27.9 Å². The fourth-order valence-corrected chi connectivity index (χ4v) is 3.08. The van der Waals surface area contributed by atoms with E-state index in [4.69, 9.17) is 14.2 Å². The predicted molar refractivity (Wildman–Crippen MR) is 76.5 cm³/mol. The summed E-state index contributed by atoms with van der Waals surface area (Å²) in [5.41, 5.74) is 0. The summed E-state index contributed by atoms with van der Waals surface area (Å²) in [5.74, 6) is 0.872. The largest absolute Gasteiger partial charge is 0.382 e. The molecule has 0 bridgehead atoms. The van der Waals surface area contributed by atoms with Gasteiger partial charge >= 0.3 is 0 Å². The quantitative estimate of drug-likeness (QED) is 0.428. The Balaban J connectivity index is 1.79. The van der Waals surface area contributed by atoms with Crippen LogP contribution < -0.4 is 0 Å². The van der Waals surface area contributed by atoms with Crippen LogP contribution in [-0.2, 0) is 14.2 Å². The standard InChI is InChI=1S/C13H26BrNO3/c1-15(11-12-9-13(14)10-12)3-4-17-7-8-18-6-5-16-2/h12-13H,3-11H2,1-2H3. The molecule has 1 aliphatic rings. The summed E-state index contributed by atoms with van der Waals surface area (Å²) in [6.07, 6.45) is 2.64. The number of likely N-dealkylation sites (N-methyl/N-ethyl adjacent to an activating group) is 1. The minimum absolute atomic E-state index is 0.648. The number of hydrogen-bond donors (Lipinski definition) is 0. The van der Waals surface area contributed by atoms with Gasteiger partial charge in [0, 0.05) is 25.0 Å². The molecule has 4 nitrogen and oxygen atoms in total. The lowest BCUT2D eigenvalue weighted by atomic mass is 9.85. The van der Waals surface area contributed by atoms with Crippen molar-refractivity contribution in [3.63, 3.8) is 0 Å². The Kier molecular flexibility index (Phi) is 9.23. The van der Waals surface area contributed by atoms with Crippen molar-refractivity contribution in [1.29, 1.82) is 0 Å². The van der Waals surface area contributed by atoms with Gasteiger partial charge in [0.1, 0.15) is 0 Å². The molecule has 0 N–H and O–H groups in total. The van der Waals surface area contributed by atoms with Crippen LogP contribution >= 0.6 is 15.9 Å². The highest BCUT2D eigenvalue weighted by Crippen LogP contribution is 2.33. The molecule has 0 saturated heterocycles. The lowest BCUT2D eigenvalue weighted by molar-refractivity contribution is 0.0196. The number of methoxy groups -OCH3 is 1. The first-order valence-corrected chi connectivity index (χ1v) is 7.61. The van der Waals surface area contributed by atoms with Crippen LogP contribution in [0.5, 0.6) is 0 Å². The summed E-state index contributed by atoms with van der Waals surface area (Å²) in [4.78, 5) is 3.12. The van der Waals surface area contributed by atoms with E-state index in [1.165, 1.54) is 19.4 Å². The highest BCUT2D eigenvalue weighted by Gasteiger charge is 2.27. The maximum Gasteiger partial charge on any atom is 0.0701 e. The molecule has 1 aliphatic carbocycles. The normalized spacial score (nSPS) is 23.3. The van der Waals surface area contributed by atoms with E-state index >= 15 is 0 Å². The molecule has 0 aromatic heterocycles. The number of rotatable bonds is 11. The SMILES string of the molecule is COCCOCCOCCN(C)CC1CC(Br)C1. The van der Waals surface area contributed by atoms with E-state index in [9.17, 15) is 0 Å². The van der Waals surface area contributed by atoms with Crippen LogP contribution in [-0.4, -0.2) is 70.0 Å². The molecular weight excluding hydrogens is 298 g/mol. The van der Waals surface area contributed by atoms with E-state index in [-0.39, 0.29) is 0 Å². The summed E-state index contributed by atoms with van der Waals surface area (Å²) < 4.78 is 15.7. The molecule has 1 rings (SSSR count). The fourth-order valence-electron chi connectivity index (χ4n) is 2.02. The average Bonchev–Trinajstić information content (AvgIpc) is 2.30. The first-order chi connectivity index (χ1) is 8.72. The van der Waals surface area contributed by atoms with E-state index in [1.807, 2.05) is 0 Å². The zero-order valence-corrected chi connectivity index (χ0v) is 13.2. The molecule has 0 heterocycles. The zero-order valence-electron chi connectivity index (χ0n) is 11.6. The molecule has 0 aromatic rings. The summed E-state index contributed by atoms with van der Waals surface area (Å²) in [5, 5.41) is 0. The van der Waals surface area contributed by atoms with Crippen molar-refractivity contribution >= 4 is 15.9 Å². The van der Waals surface area contributed by atoms with E-state index in [0.29, 0.717) is 26.4 Å². The first kappa shape index (κ1) is 16.4. The van der Waals surface area contributed by atoms with E-state index in [1.54, 1.807) is 7.11 Å². The Bertz CT molecular complexity index is 201. The van der Waals surface area contributed by atoms with Crippen molar-refractivity contribution < 1.29 is 14.2 Å². The lowest BCUT2D eigenvalue weighted by Crippen LogP contribution is -2.36. The molecule has 108 valence electrons. The molecule has 0 radical (unpaired) electrons. The van der Waals surface area contributed by atoms with Crippen LogP contribution in [0.2, 0.25) is 0 Å². The van der Waals surface area contributed by atoms with Crippen LogP contribution in [0.15, 0.2) is 0 Å². The fraction of sp³-hybridized carbons (Fsp3) is 1.00. The Labute approximate surface area is 119 Å². The minimum Gasteiger partial charge on any atom is -0.382 e. The predicted octanol–water partition coefficient (Wildman–Crippen LogP) is 1.77. The third kappa shape index (κ3) is 7.69. The van der Waals surface area contributed by atoms with E-state index < -0.39 is 0 Å². The summed E-state index contributed by atoms with van der Waals surface area (Å²) in [7, 11) is 3.84. The van der Waals surface area contributed by atoms with Crippen molar-refractivity contribution in [3.05, 3.63) is 0 Å². The molecule has 0 atom stereocenters. The Morgan fingerprint density at radius 3 is 2.28 bits per heavy atom. The van der Waals surface area contributed by atoms with Crippen molar-refractivity contribution in [1.82, 2.24) is 4.90 Å². The molecule has 1 saturated carbocycles. The number of halogens is 1. The lowest BCUT2D eigenvalue weighted by Gasteiger charge is -2.34. The van der Waals surface area contributed by atoms with Gasteiger partial charge in [-0.2, -0.15) is 0 Å². The smallest absolute Gasteiger partial charge is 0.0701 e. The van der Waals surface area contributed by atoms with Gasteiger partial charge in [-0.3, -0.25) is 0 Å². The Morgan fingerprint density at radius 1 is 1.06 bits per heavy atom. The van der Waals surface area contributed by atoms with Crippen molar-refractivity contribution in [2.45, 2.75) is 17.7 Å². The summed E-state index contributed by atoms with van der Waals surface area (Å²) in [6, 6.07) is 0. The third-order valence-electron chi connectivity index (χ3n) is 3.17. The topological polar surface area (TPSA) is 30.9 Å². The second-order valence-electron chi connectivity index (χ2n) is 4.91. The minimum atomic E-state index is 0.648. The van der Waals surface area contributed by atoms with Gasteiger partial charge in [-0.15, -0.1) is 0 Å². The van der Waals surface area contributed by atoms with Gasteiger partial charge in [0.15, 0.2) is 0 Å². The second kappa shape index (κ2) is 10.1.